The lowest BCUT2D eigenvalue weighted by Gasteiger charge is -2.18. The second-order valence-electron chi connectivity index (χ2n) is 3.16. The van der Waals surface area contributed by atoms with Gasteiger partial charge < -0.3 is 14.7 Å². The van der Waals surface area contributed by atoms with E-state index in [4.69, 9.17) is 5.11 Å². The van der Waals surface area contributed by atoms with Gasteiger partial charge in [0, 0.05) is 19.6 Å². The molecule has 1 saturated heterocycles. The number of aliphatic hydroxyl groups is 1. The number of rotatable bonds is 3. The molecule has 1 N–H and O–H groups in total. The molecule has 0 aliphatic carbocycles. The molecular formula is C8H15NO3. The fraction of sp³-hybridized carbons (Fsp3) is 0.875. The predicted octanol–water partition coefficient (Wildman–Crippen LogP) is -0.180. The van der Waals surface area contributed by atoms with E-state index in [1.807, 2.05) is 6.92 Å². The summed E-state index contributed by atoms with van der Waals surface area (Å²) < 4.78 is 4.66. The summed E-state index contributed by atoms with van der Waals surface area (Å²) in [5, 5.41) is 9.11. The van der Waals surface area contributed by atoms with E-state index in [9.17, 15) is 4.79 Å². The van der Waals surface area contributed by atoms with Crippen molar-refractivity contribution in [2.75, 3.05) is 20.2 Å². The highest BCUT2D eigenvalue weighted by molar-refractivity contribution is 5.80. The molecule has 1 amide bonds. The highest BCUT2D eigenvalue weighted by Gasteiger charge is 2.28. The standard InChI is InChI=1S/C8H15NO3/c1-6-3-4-9(8(6)11)5-7(10)12-2/h6-7,10H,3-5H2,1-2H3/t6-,7?/m1/s1. The summed E-state index contributed by atoms with van der Waals surface area (Å²) in [5.41, 5.74) is 0. The van der Waals surface area contributed by atoms with Gasteiger partial charge in [-0.25, -0.2) is 0 Å². The molecule has 0 spiro atoms. The number of amides is 1. The van der Waals surface area contributed by atoms with Crippen LogP contribution in [0.25, 0.3) is 0 Å². The zero-order valence-electron chi connectivity index (χ0n) is 7.49. The monoisotopic (exact) mass is 173 g/mol. The van der Waals surface area contributed by atoms with Crippen molar-refractivity contribution in [3.63, 3.8) is 0 Å². The maximum absolute atomic E-state index is 11.3. The first-order chi connectivity index (χ1) is 5.65. The van der Waals surface area contributed by atoms with Crippen molar-refractivity contribution in [1.29, 1.82) is 0 Å². The summed E-state index contributed by atoms with van der Waals surface area (Å²) in [7, 11) is 1.43. The third kappa shape index (κ3) is 1.95. The number of carbonyl (C=O) groups excluding carboxylic acids is 1. The number of hydrogen-bond acceptors (Lipinski definition) is 3. The first kappa shape index (κ1) is 9.48. The SMILES string of the molecule is COC(O)CN1CC[C@@H](C)C1=O. The minimum Gasteiger partial charge on any atom is -0.366 e. The van der Waals surface area contributed by atoms with E-state index in [-0.39, 0.29) is 11.8 Å². The molecule has 4 heteroatoms. The lowest BCUT2D eigenvalue weighted by Crippen LogP contribution is -2.35. The molecule has 1 unspecified atom stereocenters. The number of nitrogens with zero attached hydrogens (tertiary/aromatic N) is 1. The number of β-amino-alcohol motifs (C(OH)–C–C–N with tert-alkyl or cyclic N) is 1. The van der Waals surface area contributed by atoms with Gasteiger partial charge in [0.25, 0.3) is 0 Å². The molecular weight excluding hydrogens is 158 g/mol. The number of ether oxygens (including phenoxy) is 1. The van der Waals surface area contributed by atoms with Crippen LogP contribution in [0.2, 0.25) is 0 Å². The Hall–Kier alpha value is -0.610. The van der Waals surface area contributed by atoms with Crippen LogP contribution in [0.15, 0.2) is 0 Å². The maximum Gasteiger partial charge on any atom is 0.225 e. The molecule has 2 atom stereocenters. The molecule has 1 heterocycles. The summed E-state index contributed by atoms with van der Waals surface area (Å²) in [6.07, 6.45) is 0.0363. The molecule has 1 aliphatic heterocycles. The number of carbonyl (C=O) groups is 1. The topological polar surface area (TPSA) is 49.8 Å². The fourth-order valence-electron chi connectivity index (χ4n) is 1.34. The first-order valence-electron chi connectivity index (χ1n) is 4.14. The predicted molar refractivity (Wildman–Crippen MR) is 43.4 cm³/mol. The molecule has 0 saturated carbocycles. The van der Waals surface area contributed by atoms with Crippen molar-refractivity contribution in [2.45, 2.75) is 19.6 Å². The summed E-state index contributed by atoms with van der Waals surface area (Å²) in [4.78, 5) is 13.0. The maximum atomic E-state index is 11.3. The smallest absolute Gasteiger partial charge is 0.225 e. The van der Waals surface area contributed by atoms with Crippen LogP contribution in [0, 0.1) is 5.92 Å². The Morgan fingerprint density at radius 2 is 2.50 bits per heavy atom. The minimum atomic E-state index is -0.848. The highest BCUT2D eigenvalue weighted by Crippen LogP contribution is 2.16. The Bertz CT molecular complexity index is 172. The van der Waals surface area contributed by atoms with Crippen molar-refractivity contribution in [3.8, 4) is 0 Å². The Labute approximate surface area is 72.1 Å². The van der Waals surface area contributed by atoms with Gasteiger partial charge in [-0.15, -0.1) is 0 Å². The largest absolute Gasteiger partial charge is 0.366 e. The number of methoxy groups -OCH3 is 1. The van der Waals surface area contributed by atoms with Gasteiger partial charge in [0.15, 0.2) is 6.29 Å². The van der Waals surface area contributed by atoms with Gasteiger partial charge in [-0.05, 0) is 6.42 Å². The van der Waals surface area contributed by atoms with Crippen LogP contribution in [0.4, 0.5) is 0 Å². The van der Waals surface area contributed by atoms with E-state index in [0.717, 1.165) is 13.0 Å². The Balaban J connectivity index is 2.39. The zero-order chi connectivity index (χ0) is 9.14. The van der Waals surface area contributed by atoms with E-state index >= 15 is 0 Å². The van der Waals surface area contributed by atoms with Crippen molar-refractivity contribution < 1.29 is 14.6 Å². The number of hydrogen-bond donors (Lipinski definition) is 1. The average molecular weight is 173 g/mol. The van der Waals surface area contributed by atoms with Crippen molar-refractivity contribution >= 4 is 5.91 Å². The zero-order valence-corrected chi connectivity index (χ0v) is 7.49. The van der Waals surface area contributed by atoms with E-state index in [1.165, 1.54) is 7.11 Å². The van der Waals surface area contributed by atoms with E-state index in [0.29, 0.717) is 6.54 Å². The van der Waals surface area contributed by atoms with Gasteiger partial charge in [0.2, 0.25) is 5.91 Å². The Kier molecular flexibility index (Phi) is 3.05. The van der Waals surface area contributed by atoms with Gasteiger partial charge in [-0.3, -0.25) is 4.79 Å². The van der Waals surface area contributed by atoms with Crippen LogP contribution in [0.3, 0.4) is 0 Å². The summed E-state index contributed by atoms with van der Waals surface area (Å²) >= 11 is 0. The van der Waals surface area contributed by atoms with E-state index < -0.39 is 6.29 Å². The Morgan fingerprint density at radius 3 is 2.92 bits per heavy atom. The molecule has 4 nitrogen and oxygen atoms in total. The van der Waals surface area contributed by atoms with Crippen LogP contribution < -0.4 is 0 Å². The third-order valence-electron chi connectivity index (χ3n) is 2.21. The fourth-order valence-corrected chi connectivity index (χ4v) is 1.34. The molecule has 0 aromatic heterocycles. The quantitative estimate of drug-likeness (QED) is 0.602. The summed E-state index contributed by atoms with van der Waals surface area (Å²) in [5.74, 6) is 0.222. The minimum absolute atomic E-state index is 0.106. The Morgan fingerprint density at radius 1 is 1.83 bits per heavy atom. The lowest BCUT2D eigenvalue weighted by atomic mass is 10.1. The summed E-state index contributed by atoms with van der Waals surface area (Å²) in [6.45, 7) is 2.93. The van der Waals surface area contributed by atoms with Crippen LogP contribution >= 0.6 is 0 Å². The van der Waals surface area contributed by atoms with Gasteiger partial charge in [0.1, 0.15) is 0 Å². The van der Waals surface area contributed by atoms with Crippen LogP contribution in [0.5, 0.6) is 0 Å². The molecule has 1 rings (SSSR count). The molecule has 12 heavy (non-hydrogen) atoms. The van der Waals surface area contributed by atoms with E-state index in [1.54, 1.807) is 4.90 Å². The second-order valence-corrected chi connectivity index (χ2v) is 3.16. The lowest BCUT2D eigenvalue weighted by molar-refractivity contribution is -0.138. The molecule has 0 aromatic rings. The van der Waals surface area contributed by atoms with Crippen LogP contribution in [-0.4, -0.2) is 42.4 Å². The molecule has 1 fully saturated rings. The molecule has 0 aromatic carbocycles. The molecule has 0 radical (unpaired) electrons. The van der Waals surface area contributed by atoms with Crippen LogP contribution in [0.1, 0.15) is 13.3 Å². The second kappa shape index (κ2) is 3.87. The van der Waals surface area contributed by atoms with E-state index in [2.05, 4.69) is 4.74 Å². The van der Waals surface area contributed by atoms with Crippen molar-refractivity contribution in [3.05, 3.63) is 0 Å². The summed E-state index contributed by atoms with van der Waals surface area (Å²) in [6, 6.07) is 0. The van der Waals surface area contributed by atoms with Crippen molar-refractivity contribution in [1.82, 2.24) is 4.90 Å². The molecule has 70 valence electrons. The molecule has 0 bridgehead atoms. The van der Waals surface area contributed by atoms with Crippen molar-refractivity contribution in [2.24, 2.45) is 5.92 Å². The third-order valence-corrected chi connectivity index (χ3v) is 2.21. The van der Waals surface area contributed by atoms with Gasteiger partial charge in [-0.2, -0.15) is 0 Å². The normalized spacial score (nSPS) is 26.4. The van der Waals surface area contributed by atoms with Gasteiger partial charge in [-0.1, -0.05) is 6.92 Å². The molecule has 1 aliphatic rings. The number of likely N-dealkylation sites (tertiary alicyclic amines) is 1. The average Bonchev–Trinajstić information content (AvgIpc) is 2.36. The first-order valence-corrected chi connectivity index (χ1v) is 4.14. The highest BCUT2D eigenvalue weighted by atomic mass is 16.6. The van der Waals surface area contributed by atoms with Gasteiger partial charge in [0.05, 0.1) is 6.54 Å². The van der Waals surface area contributed by atoms with Gasteiger partial charge >= 0.3 is 0 Å². The van der Waals surface area contributed by atoms with Crippen LogP contribution in [-0.2, 0) is 9.53 Å². The number of aliphatic hydroxyl groups excluding tert-OH is 1.